The molecule has 2 aromatic rings. The number of fused-ring (bicyclic) bond motifs is 1. The first kappa shape index (κ1) is 19.3. The van der Waals surface area contributed by atoms with E-state index in [0.29, 0.717) is 24.2 Å². The van der Waals surface area contributed by atoms with Gasteiger partial charge in [-0.2, -0.15) is 5.10 Å². The lowest BCUT2D eigenvalue weighted by atomic mass is 9.76. The molecular weight excluding hydrogens is 344 g/mol. The third-order valence-electron chi connectivity index (χ3n) is 6.05. The van der Waals surface area contributed by atoms with Crippen LogP contribution in [0.2, 0.25) is 0 Å². The number of amides is 1. The van der Waals surface area contributed by atoms with Gasteiger partial charge in [0.25, 0.3) is 5.91 Å². The third-order valence-corrected chi connectivity index (χ3v) is 6.05. The number of carbonyl (C=O) groups is 2. The standard InChI is InChI=1S/C20H28N4O3/c1-6-14(5)24-17-16(10-21-24)15(9-13(4)22-17)18(25)23-8-7-20(11-23,12(2)3)19(26)27/h9-10,12,14H,6-8,11H2,1-5H3,(H,26,27). The topological polar surface area (TPSA) is 88.3 Å². The van der Waals surface area contributed by atoms with Crippen molar-refractivity contribution in [2.45, 2.75) is 53.5 Å². The number of aliphatic carboxylic acids is 1. The molecule has 1 amide bonds. The van der Waals surface area contributed by atoms with Crippen molar-refractivity contribution in [3.05, 3.63) is 23.5 Å². The second kappa shape index (κ2) is 6.94. The third kappa shape index (κ3) is 3.09. The fraction of sp³-hybridized carbons (Fsp3) is 0.600. The van der Waals surface area contributed by atoms with E-state index in [1.165, 1.54) is 0 Å². The molecule has 2 unspecified atom stereocenters. The molecule has 3 heterocycles. The van der Waals surface area contributed by atoms with Gasteiger partial charge in [0.1, 0.15) is 0 Å². The van der Waals surface area contributed by atoms with E-state index < -0.39 is 11.4 Å². The van der Waals surface area contributed by atoms with Gasteiger partial charge in [0, 0.05) is 18.8 Å². The lowest BCUT2D eigenvalue weighted by Crippen LogP contribution is -2.40. The molecule has 0 saturated carbocycles. The van der Waals surface area contributed by atoms with Gasteiger partial charge in [-0.1, -0.05) is 20.8 Å². The molecule has 1 aliphatic rings. The van der Waals surface area contributed by atoms with E-state index in [4.69, 9.17) is 0 Å². The Hall–Kier alpha value is -2.44. The van der Waals surface area contributed by atoms with Crippen molar-refractivity contribution in [3.8, 4) is 0 Å². The van der Waals surface area contributed by atoms with Crippen molar-refractivity contribution in [1.29, 1.82) is 0 Å². The van der Waals surface area contributed by atoms with Gasteiger partial charge in [-0.3, -0.25) is 9.59 Å². The summed E-state index contributed by atoms with van der Waals surface area (Å²) in [6.07, 6.45) is 3.09. The van der Waals surface area contributed by atoms with Crippen molar-refractivity contribution < 1.29 is 14.7 Å². The monoisotopic (exact) mass is 372 g/mol. The minimum Gasteiger partial charge on any atom is -0.481 e. The fourth-order valence-electron chi connectivity index (χ4n) is 3.89. The largest absolute Gasteiger partial charge is 0.481 e. The Morgan fingerprint density at radius 2 is 2.04 bits per heavy atom. The van der Waals surface area contributed by atoms with Crippen LogP contribution >= 0.6 is 0 Å². The van der Waals surface area contributed by atoms with Crippen LogP contribution in [0.1, 0.15) is 62.6 Å². The van der Waals surface area contributed by atoms with Gasteiger partial charge >= 0.3 is 5.97 Å². The number of carboxylic acid groups (broad SMARTS) is 1. The molecule has 0 spiro atoms. The predicted octanol–water partition coefficient (Wildman–Crippen LogP) is 3.28. The maximum Gasteiger partial charge on any atom is 0.311 e. The zero-order valence-electron chi connectivity index (χ0n) is 16.7. The molecule has 2 aromatic heterocycles. The molecule has 27 heavy (non-hydrogen) atoms. The smallest absolute Gasteiger partial charge is 0.311 e. The van der Waals surface area contributed by atoms with Crippen LogP contribution in [0.5, 0.6) is 0 Å². The molecule has 1 aliphatic heterocycles. The van der Waals surface area contributed by atoms with Crippen LogP contribution in [0.4, 0.5) is 0 Å². The molecule has 1 saturated heterocycles. The number of carboxylic acids is 1. The molecule has 0 bridgehead atoms. The van der Waals surface area contributed by atoms with E-state index in [1.54, 1.807) is 17.2 Å². The minimum absolute atomic E-state index is 0.0415. The van der Waals surface area contributed by atoms with E-state index in [9.17, 15) is 14.7 Å². The van der Waals surface area contributed by atoms with E-state index in [0.717, 1.165) is 17.5 Å². The zero-order chi connectivity index (χ0) is 19.9. The Bertz CT molecular complexity index is 889. The predicted molar refractivity (Wildman–Crippen MR) is 103 cm³/mol. The average Bonchev–Trinajstić information content (AvgIpc) is 3.25. The highest BCUT2D eigenvalue weighted by Gasteiger charge is 2.48. The molecule has 2 atom stereocenters. The van der Waals surface area contributed by atoms with E-state index in [1.807, 2.05) is 25.5 Å². The number of aryl methyl sites for hydroxylation is 1. The Morgan fingerprint density at radius 3 is 2.59 bits per heavy atom. The number of rotatable bonds is 5. The number of hydrogen-bond acceptors (Lipinski definition) is 4. The lowest BCUT2D eigenvalue weighted by Gasteiger charge is -2.28. The summed E-state index contributed by atoms with van der Waals surface area (Å²) < 4.78 is 1.86. The first-order chi connectivity index (χ1) is 12.7. The molecule has 7 heteroatoms. The molecule has 1 fully saturated rings. The molecule has 0 radical (unpaired) electrons. The molecule has 7 nitrogen and oxygen atoms in total. The van der Waals surface area contributed by atoms with Crippen molar-refractivity contribution in [3.63, 3.8) is 0 Å². The van der Waals surface area contributed by atoms with E-state index >= 15 is 0 Å². The van der Waals surface area contributed by atoms with Crippen LogP contribution in [0, 0.1) is 18.3 Å². The van der Waals surface area contributed by atoms with Crippen LogP contribution in [-0.2, 0) is 4.79 Å². The maximum absolute atomic E-state index is 13.3. The summed E-state index contributed by atoms with van der Waals surface area (Å²) in [6, 6.07) is 1.97. The van der Waals surface area contributed by atoms with Gasteiger partial charge in [0.05, 0.1) is 28.6 Å². The summed E-state index contributed by atoms with van der Waals surface area (Å²) in [5, 5.41) is 14.9. The maximum atomic E-state index is 13.3. The highest BCUT2D eigenvalue weighted by molar-refractivity contribution is 6.05. The lowest BCUT2D eigenvalue weighted by molar-refractivity contribution is -0.150. The fourth-order valence-corrected chi connectivity index (χ4v) is 3.89. The summed E-state index contributed by atoms with van der Waals surface area (Å²) >= 11 is 0. The van der Waals surface area contributed by atoms with Crippen LogP contribution in [0.15, 0.2) is 12.3 Å². The van der Waals surface area contributed by atoms with Crippen molar-refractivity contribution in [2.24, 2.45) is 11.3 Å². The normalized spacial score (nSPS) is 21.2. The minimum atomic E-state index is -0.877. The first-order valence-corrected chi connectivity index (χ1v) is 9.58. The summed E-state index contributed by atoms with van der Waals surface area (Å²) in [7, 11) is 0. The Morgan fingerprint density at radius 1 is 1.33 bits per heavy atom. The van der Waals surface area contributed by atoms with Crippen LogP contribution < -0.4 is 0 Å². The average molecular weight is 372 g/mol. The first-order valence-electron chi connectivity index (χ1n) is 9.58. The second-order valence-corrected chi connectivity index (χ2v) is 7.99. The van der Waals surface area contributed by atoms with Crippen LogP contribution in [0.25, 0.3) is 11.0 Å². The van der Waals surface area contributed by atoms with Gasteiger partial charge in [0.15, 0.2) is 5.65 Å². The summed E-state index contributed by atoms with van der Waals surface area (Å²) in [5.41, 5.74) is 1.14. The van der Waals surface area contributed by atoms with Gasteiger partial charge in [-0.25, -0.2) is 9.67 Å². The van der Waals surface area contributed by atoms with E-state index in [2.05, 4.69) is 23.9 Å². The Kier molecular flexibility index (Phi) is 4.97. The number of pyridine rings is 1. The molecule has 146 valence electrons. The molecule has 0 aliphatic carbocycles. The molecule has 3 rings (SSSR count). The second-order valence-electron chi connectivity index (χ2n) is 7.99. The number of hydrogen-bond donors (Lipinski definition) is 1. The quantitative estimate of drug-likeness (QED) is 0.870. The summed E-state index contributed by atoms with van der Waals surface area (Å²) in [6.45, 7) is 10.5. The van der Waals surface area contributed by atoms with Crippen molar-refractivity contribution in [2.75, 3.05) is 13.1 Å². The van der Waals surface area contributed by atoms with E-state index in [-0.39, 0.29) is 24.4 Å². The number of nitrogens with zero attached hydrogens (tertiary/aromatic N) is 4. The van der Waals surface area contributed by atoms with Crippen LogP contribution in [0.3, 0.4) is 0 Å². The molecular formula is C20H28N4O3. The number of aromatic nitrogens is 3. The Balaban J connectivity index is 2.00. The number of likely N-dealkylation sites (tertiary alicyclic amines) is 1. The highest BCUT2D eigenvalue weighted by atomic mass is 16.4. The van der Waals surface area contributed by atoms with Gasteiger partial charge in [0.2, 0.25) is 0 Å². The van der Waals surface area contributed by atoms with Crippen molar-refractivity contribution >= 4 is 22.9 Å². The SMILES string of the molecule is CCC(C)n1ncc2c(C(=O)N3CCC(C(=O)O)(C(C)C)C3)cc(C)nc21. The molecule has 0 aromatic carbocycles. The van der Waals surface area contributed by atoms with Gasteiger partial charge in [-0.05, 0) is 38.7 Å². The van der Waals surface area contributed by atoms with Gasteiger partial charge < -0.3 is 10.0 Å². The highest BCUT2D eigenvalue weighted by Crippen LogP contribution is 2.39. The zero-order valence-corrected chi connectivity index (χ0v) is 16.7. The Labute approximate surface area is 159 Å². The van der Waals surface area contributed by atoms with Crippen molar-refractivity contribution in [1.82, 2.24) is 19.7 Å². The number of carbonyl (C=O) groups excluding carboxylic acids is 1. The van der Waals surface area contributed by atoms with Crippen LogP contribution in [-0.4, -0.2) is 49.7 Å². The summed E-state index contributed by atoms with van der Waals surface area (Å²) in [5.74, 6) is -1.01. The van der Waals surface area contributed by atoms with Gasteiger partial charge in [-0.15, -0.1) is 0 Å². The molecule has 1 N–H and O–H groups in total. The summed E-state index contributed by atoms with van der Waals surface area (Å²) in [4.78, 5) is 31.4.